The number of carbonyl (C=O) groups is 1. The first-order valence-electron chi connectivity index (χ1n) is 8.16. The molecule has 0 saturated heterocycles. The Labute approximate surface area is 158 Å². The Kier molecular flexibility index (Phi) is 5.23. The second-order valence-electron chi connectivity index (χ2n) is 5.79. The van der Waals surface area contributed by atoms with Gasteiger partial charge in [-0.1, -0.05) is 36.4 Å². The highest BCUT2D eigenvalue weighted by Gasteiger charge is 2.36. The standard InChI is InChI=1S/C20H20N2O3S/c1-13-17(19(23)25-3)18(15-11-7-8-12-16(15)24-2)21-20(26)22(13)14-9-5-4-6-10-14/h4-12,18H,1-3H3,(H,21,26). The van der Waals surface area contributed by atoms with Gasteiger partial charge in [-0.25, -0.2) is 4.79 Å². The summed E-state index contributed by atoms with van der Waals surface area (Å²) in [5, 5.41) is 3.78. The summed E-state index contributed by atoms with van der Waals surface area (Å²) in [6, 6.07) is 16.8. The number of nitrogens with zero attached hydrogens (tertiary/aromatic N) is 1. The number of benzene rings is 2. The van der Waals surface area contributed by atoms with E-state index in [2.05, 4.69) is 5.32 Å². The smallest absolute Gasteiger partial charge is 0.337 e. The SMILES string of the molecule is COC(=O)C1=C(C)N(c2ccccc2)C(=S)NC1c1ccccc1OC. The number of anilines is 1. The van der Waals surface area contributed by atoms with Crippen LogP contribution in [0.4, 0.5) is 5.69 Å². The third-order valence-electron chi connectivity index (χ3n) is 4.35. The largest absolute Gasteiger partial charge is 0.496 e. The van der Waals surface area contributed by atoms with Crippen LogP contribution >= 0.6 is 12.2 Å². The zero-order valence-electron chi connectivity index (χ0n) is 14.9. The molecule has 0 bridgehead atoms. The van der Waals surface area contributed by atoms with Crippen LogP contribution in [0.1, 0.15) is 18.5 Å². The summed E-state index contributed by atoms with van der Waals surface area (Å²) in [5.74, 6) is 0.268. The van der Waals surface area contributed by atoms with E-state index in [0.29, 0.717) is 16.4 Å². The summed E-state index contributed by atoms with van der Waals surface area (Å²) in [4.78, 5) is 14.5. The molecule has 1 N–H and O–H groups in total. The van der Waals surface area contributed by atoms with E-state index in [4.69, 9.17) is 21.7 Å². The molecule has 0 radical (unpaired) electrons. The number of nitrogens with one attached hydrogen (secondary N) is 1. The zero-order chi connectivity index (χ0) is 18.7. The maximum atomic E-state index is 12.6. The average Bonchev–Trinajstić information content (AvgIpc) is 2.67. The van der Waals surface area contributed by atoms with Gasteiger partial charge in [0.25, 0.3) is 0 Å². The van der Waals surface area contributed by atoms with Crippen molar-refractivity contribution in [2.45, 2.75) is 13.0 Å². The molecule has 1 aliphatic rings. The van der Waals surface area contributed by atoms with Crippen LogP contribution in [0.2, 0.25) is 0 Å². The van der Waals surface area contributed by atoms with Crippen molar-refractivity contribution in [2.24, 2.45) is 0 Å². The van der Waals surface area contributed by atoms with Crippen LogP contribution in [0, 0.1) is 0 Å². The van der Waals surface area contributed by atoms with E-state index >= 15 is 0 Å². The topological polar surface area (TPSA) is 50.8 Å². The van der Waals surface area contributed by atoms with E-state index in [0.717, 1.165) is 16.9 Å². The molecular weight excluding hydrogens is 348 g/mol. The highest BCUT2D eigenvalue weighted by molar-refractivity contribution is 7.80. The van der Waals surface area contributed by atoms with Crippen LogP contribution in [-0.4, -0.2) is 25.3 Å². The van der Waals surface area contributed by atoms with Gasteiger partial charge in [0.1, 0.15) is 5.75 Å². The van der Waals surface area contributed by atoms with Crippen molar-refractivity contribution in [1.29, 1.82) is 0 Å². The number of allylic oxidation sites excluding steroid dienone is 1. The summed E-state index contributed by atoms with van der Waals surface area (Å²) < 4.78 is 10.5. The summed E-state index contributed by atoms with van der Waals surface area (Å²) in [7, 11) is 2.98. The molecule has 2 aromatic carbocycles. The van der Waals surface area contributed by atoms with Crippen molar-refractivity contribution >= 4 is 29.0 Å². The molecular formula is C20H20N2O3S. The Morgan fingerprint density at radius 1 is 1.08 bits per heavy atom. The molecule has 1 atom stereocenters. The molecule has 0 aliphatic carbocycles. The van der Waals surface area contributed by atoms with Crippen LogP contribution in [0.5, 0.6) is 5.75 Å². The average molecular weight is 368 g/mol. The lowest BCUT2D eigenvalue weighted by Crippen LogP contribution is -2.48. The zero-order valence-corrected chi connectivity index (χ0v) is 15.7. The van der Waals surface area contributed by atoms with Crippen LogP contribution in [0.3, 0.4) is 0 Å². The van der Waals surface area contributed by atoms with E-state index in [1.807, 2.05) is 66.4 Å². The maximum absolute atomic E-state index is 12.6. The fourth-order valence-corrected chi connectivity index (χ4v) is 3.50. The fourth-order valence-electron chi connectivity index (χ4n) is 3.14. The predicted molar refractivity (Wildman–Crippen MR) is 105 cm³/mol. The fraction of sp³-hybridized carbons (Fsp3) is 0.200. The van der Waals surface area contributed by atoms with E-state index < -0.39 is 12.0 Å². The van der Waals surface area contributed by atoms with Crippen LogP contribution in [0.15, 0.2) is 65.9 Å². The molecule has 6 heteroatoms. The van der Waals surface area contributed by atoms with Gasteiger partial charge in [-0.15, -0.1) is 0 Å². The van der Waals surface area contributed by atoms with Crippen LogP contribution in [0.25, 0.3) is 0 Å². The van der Waals surface area contributed by atoms with Crippen molar-refractivity contribution in [3.63, 3.8) is 0 Å². The van der Waals surface area contributed by atoms with E-state index in [1.54, 1.807) is 7.11 Å². The number of ether oxygens (including phenoxy) is 2. The number of hydrogen-bond acceptors (Lipinski definition) is 4. The minimum atomic E-state index is -0.453. The quantitative estimate of drug-likeness (QED) is 0.658. The second kappa shape index (κ2) is 7.58. The van der Waals surface area contributed by atoms with Gasteiger partial charge in [0.2, 0.25) is 0 Å². The molecule has 5 nitrogen and oxygen atoms in total. The van der Waals surface area contributed by atoms with Gasteiger partial charge in [0, 0.05) is 16.9 Å². The van der Waals surface area contributed by atoms with E-state index in [9.17, 15) is 4.79 Å². The molecule has 134 valence electrons. The Hall–Kier alpha value is -2.86. The molecule has 0 spiro atoms. The molecule has 0 fully saturated rings. The molecule has 1 heterocycles. The van der Waals surface area contributed by atoms with E-state index in [-0.39, 0.29) is 0 Å². The predicted octanol–water partition coefficient (Wildman–Crippen LogP) is 3.58. The first-order valence-corrected chi connectivity index (χ1v) is 8.57. The van der Waals surface area contributed by atoms with Crippen molar-refractivity contribution < 1.29 is 14.3 Å². The molecule has 26 heavy (non-hydrogen) atoms. The molecule has 0 aromatic heterocycles. The van der Waals surface area contributed by atoms with Gasteiger partial charge in [-0.2, -0.15) is 0 Å². The lowest BCUT2D eigenvalue weighted by atomic mass is 9.94. The summed E-state index contributed by atoms with van der Waals surface area (Å²) in [6.07, 6.45) is 0. The van der Waals surface area contributed by atoms with Gasteiger partial charge in [0.05, 0.1) is 25.8 Å². The highest BCUT2D eigenvalue weighted by atomic mass is 32.1. The minimum Gasteiger partial charge on any atom is -0.496 e. The molecule has 0 amide bonds. The van der Waals surface area contributed by atoms with Crippen LogP contribution < -0.4 is 15.0 Å². The monoisotopic (exact) mass is 368 g/mol. The summed E-state index contributed by atoms with van der Waals surface area (Å²) >= 11 is 5.61. The first-order chi connectivity index (χ1) is 12.6. The first kappa shape index (κ1) is 17.9. The third kappa shape index (κ3) is 3.15. The number of para-hydroxylation sites is 2. The van der Waals surface area contributed by atoms with Crippen molar-refractivity contribution in [2.75, 3.05) is 19.1 Å². The molecule has 1 aliphatic heterocycles. The minimum absolute atomic E-state index is 0.408. The highest BCUT2D eigenvalue weighted by Crippen LogP contribution is 2.37. The summed E-state index contributed by atoms with van der Waals surface area (Å²) in [5.41, 5.74) is 2.92. The lowest BCUT2D eigenvalue weighted by Gasteiger charge is -2.37. The van der Waals surface area contributed by atoms with Gasteiger partial charge in [0.15, 0.2) is 5.11 Å². The molecule has 1 unspecified atom stereocenters. The van der Waals surface area contributed by atoms with Crippen molar-refractivity contribution in [1.82, 2.24) is 5.32 Å². The maximum Gasteiger partial charge on any atom is 0.337 e. The van der Waals surface area contributed by atoms with Gasteiger partial charge >= 0.3 is 5.97 Å². The number of methoxy groups -OCH3 is 2. The van der Waals surface area contributed by atoms with Gasteiger partial charge in [-0.3, -0.25) is 4.90 Å². The Morgan fingerprint density at radius 2 is 1.73 bits per heavy atom. The number of rotatable bonds is 4. The Bertz CT molecular complexity index is 864. The normalized spacial score (nSPS) is 17.0. The van der Waals surface area contributed by atoms with Crippen LogP contribution in [-0.2, 0) is 9.53 Å². The number of carbonyl (C=O) groups excluding carboxylic acids is 1. The molecule has 3 rings (SSSR count). The molecule has 2 aromatic rings. The van der Waals surface area contributed by atoms with Gasteiger partial charge in [-0.05, 0) is 37.3 Å². The van der Waals surface area contributed by atoms with Crippen molar-refractivity contribution in [3.05, 3.63) is 71.4 Å². The Morgan fingerprint density at radius 3 is 2.38 bits per heavy atom. The third-order valence-corrected chi connectivity index (χ3v) is 4.65. The number of esters is 1. The van der Waals surface area contributed by atoms with E-state index in [1.165, 1.54) is 7.11 Å². The summed E-state index contributed by atoms with van der Waals surface area (Å²) in [6.45, 7) is 1.87. The Balaban J connectivity index is 2.17. The van der Waals surface area contributed by atoms with Crippen molar-refractivity contribution in [3.8, 4) is 5.75 Å². The lowest BCUT2D eigenvalue weighted by molar-refractivity contribution is -0.136. The second-order valence-corrected chi connectivity index (χ2v) is 6.17. The molecule has 0 saturated carbocycles. The number of hydrogen-bond donors (Lipinski definition) is 1. The van der Waals surface area contributed by atoms with Gasteiger partial charge < -0.3 is 14.8 Å². The number of thiocarbonyl (C=S) groups is 1.